The van der Waals surface area contributed by atoms with E-state index in [0.29, 0.717) is 13.1 Å². The maximum atomic E-state index is 13.8. The molecular weight excluding hydrogens is 652 g/mol. The number of nitrogens with one attached hydrogen (secondary N) is 3. The zero-order valence-corrected chi connectivity index (χ0v) is 30.4. The van der Waals surface area contributed by atoms with Crippen LogP contribution in [0.1, 0.15) is 77.1 Å². The standard InChI is InChI=1S/C37H48N8O6/c1-20(2)30(42-36(48)50-6)34(46)44-16-8-10-28(44)32-38-24-14-12-22(18-26(24)40-32)23-13-15-25-27(19-23)41-33(39-25)29-11-9-17-45(29)35(47)31(21(3)4)43(5)37(49)51-7/h12-15,18-21,28-31H,8-11,16-17H2,1-7H3,(H,38,40)(H,39,41)(H,42,48)/t28-,29-,30-,31-/m0/s1. The first-order valence-electron chi connectivity index (χ1n) is 17.7. The van der Waals surface area contributed by atoms with Gasteiger partial charge in [-0.05, 0) is 72.9 Å². The summed E-state index contributed by atoms with van der Waals surface area (Å²) in [5, 5.41) is 2.70. The molecule has 0 saturated carbocycles. The fraction of sp³-hybridized carbons (Fsp3) is 0.514. The third-order valence-electron chi connectivity index (χ3n) is 10.2. The number of nitrogens with zero attached hydrogens (tertiary/aromatic N) is 5. The van der Waals surface area contributed by atoms with Gasteiger partial charge in [-0.15, -0.1) is 0 Å². The smallest absolute Gasteiger partial charge is 0.409 e. The first-order valence-corrected chi connectivity index (χ1v) is 17.7. The van der Waals surface area contributed by atoms with Gasteiger partial charge in [0.15, 0.2) is 0 Å². The van der Waals surface area contributed by atoms with Crippen molar-refractivity contribution in [2.24, 2.45) is 11.8 Å². The van der Waals surface area contributed by atoms with E-state index in [1.54, 1.807) is 7.05 Å². The third kappa shape index (κ3) is 6.95. The van der Waals surface area contributed by atoms with Crippen LogP contribution in [-0.4, -0.2) is 105 Å². The molecule has 2 aromatic heterocycles. The number of hydrogen-bond acceptors (Lipinski definition) is 8. The second kappa shape index (κ2) is 14.6. The van der Waals surface area contributed by atoms with Crippen LogP contribution in [0.2, 0.25) is 0 Å². The Kier molecular flexibility index (Phi) is 10.2. The number of amides is 4. The molecule has 4 amide bonds. The van der Waals surface area contributed by atoms with Crippen LogP contribution in [0.25, 0.3) is 33.2 Å². The van der Waals surface area contributed by atoms with Gasteiger partial charge in [0, 0.05) is 20.1 Å². The molecule has 2 saturated heterocycles. The number of benzene rings is 2. The topological polar surface area (TPSA) is 166 Å². The fourth-order valence-corrected chi connectivity index (χ4v) is 7.57. The molecule has 272 valence electrons. The molecule has 2 aliphatic heterocycles. The van der Waals surface area contributed by atoms with Gasteiger partial charge in [0.05, 0.1) is 48.4 Å². The second-order valence-corrected chi connectivity index (χ2v) is 14.2. The van der Waals surface area contributed by atoms with E-state index in [1.165, 1.54) is 19.1 Å². The molecule has 2 aliphatic rings. The van der Waals surface area contributed by atoms with Crippen molar-refractivity contribution >= 4 is 46.1 Å². The quantitative estimate of drug-likeness (QED) is 0.205. The van der Waals surface area contributed by atoms with Crippen molar-refractivity contribution in [3.63, 3.8) is 0 Å². The highest BCUT2D eigenvalue weighted by atomic mass is 16.5. The summed E-state index contributed by atoms with van der Waals surface area (Å²) in [5.74, 6) is 0.964. The van der Waals surface area contributed by atoms with Gasteiger partial charge in [-0.3, -0.25) is 14.5 Å². The number of likely N-dealkylation sites (tertiary alicyclic amines) is 2. The molecule has 0 spiro atoms. The van der Waals surface area contributed by atoms with Crippen molar-refractivity contribution in [2.45, 2.75) is 77.5 Å². The van der Waals surface area contributed by atoms with E-state index in [4.69, 9.17) is 19.4 Å². The van der Waals surface area contributed by atoms with E-state index < -0.39 is 24.3 Å². The zero-order valence-electron chi connectivity index (χ0n) is 30.4. The van der Waals surface area contributed by atoms with Crippen LogP contribution in [0.4, 0.5) is 9.59 Å². The van der Waals surface area contributed by atoms with Gasteiger partial charge >= 0.3 is 12.2 Å². The highest BCUT2D eigenvalue weighted by molar-refractivity contribution is 5.89. The Labute approximate surface area is 297 Å². The van der Waals surface area contributed by atoms with Gasteiger partial charge in [-0.25, -0.2) is 19.6 Å². The summed E-state index contributed by atoms with van der Waals surface area (Å²) in [4.78, 5) is 73.5. The maximum Gasteiger partial charge on any atom is 0.409 e. The molecular formula is C37H48N8O6. The number of carbonyl (C=O) groups is 4. The summed E-state index contributed by atoms with van der Waals surface area (Å²) in [6, 6.07) is 10.3. The van der Waals surface area contributed by atoms with Crippen LogP contribution in [0, 0.1) is 11.8 Å². The molecule has 2 fully saturated rings. The zero-order chi connectivity index (χ0) is 36.6. The van der Waals surface area contributed by atoms with Gasteiger partial charge < -0.3 is 34.6 Å². The molecule has 0 aliphatic carbocycles. The minimum absolute atomic E-state index is 0.100. The van der Waals surface area contributed by atoms with Crippen molar-refractivity contribution < 1.29 is 28.7 Å². The highest BCUT2D eigenvalue weighted by Crippen LogP contribution is 2.36. The largest absolute Gasteiger partial charge is 0.453 e. The molecule has 0 unspecified atom stereocenters. The molecule has 0 bridgehead atoms. The molecule has 2 aromatic carbocycles. The predicted molar refractivity (Wildman–Crippen MR) is 192 cm³/mol. The first-order chi connectivity index (χ1) is 24.4. The normalized spacial score (nSPS) is 18.8. The number of alkyl carbamates (subject to hydrolysis) is 1. The van der Waals surface area contributed by atoms with Gasteiger partial charge in [0.1, 0.15) is 23.7 Å². The van der Waals surface area contributed by atoms with Crippen molar-refractivity contribution in [1.82, 2.24) is 40.0 Å². The number of carbonyl (C=O) groups excluding carboxylic acids is 4. The Morgan fingerprint density at radius 1 is 0.784 bits per heavy atom. The molecule has 51 heavy (non-hydrogen) atoms. The monoisotopic (exact) mass is 700 g/mol. The number of methoxy groups -OCH3 is 2. The van der Waals surface area contributed by atoms with Gasteiger partial charge in [0.25, 0.3) is 0 Å². The van der Waals surface area contributed by atoms with Crippen molar-refractivity contribution in [3.05, 3.63) is 48.0 Å². The van der Waals surface area contributed by atoms with E-state index in [9.17, 15) is 19.2 Å². The molecule has 4 atom stereocenters. The molecule has 4 aromatic rings. The Morgan fingerprint density at radius 3 is 1.75 bits per heavy atom. The maximum absolute atomic E-state index is 13.8. The number of likely N-dealkylation sites (N-methyl/N-ethyl adjacent to an activating group) is 1. The number of aromatic nitrogens is 4. The Morgan fingerprint density at radius 2 is 1.29 bits per heavy atom. The van der Waals surface area contributed by atoms with E-state index in [2.05, 4.69) is 27.4 Å². The second-order valence-electron chi connectivity index (χ2n) is 14.2. The lowest BCUT2D eigenvalue weighted by Crippen LogP contribution is -2.51. The Balaban J connectivity index is 1.22. The van der Waals surface area contributed by atoms with Crippen molar-refractivity contribution in [2.75, 3.05) is 34.4 Å². The lowest BCUT2D eigenvalue weighted by Gasteiger charge is -2.34. The van der Waals surface area contributed by atoms with Crippen LogP contribution >= 0.6 is 0 Å². The summed E-state index contributed by atoms with van der Waals surface area (Å²) in [6.07, 6.45) is 2.04. The molecule has 0 radical (unpaired) electrons. The molecule has 14 heteroatoms. The lowest BCUT2D eigenvalue weighted by molar-refractivity contribution is -0.138. The first kappa shape index (κ1) is 35.7. The summed E-state index contributed by atoms with van der Waals surface area (Å²) < 4.78 is 9.67. The molecule has 4 heterocycles. The van der Waals surface area contributed by atoms with Gasteiger partial charge in [-0.1, -0.05) is 39.8 Å². The number of fused-ring (bicyclic) bond motifs is 2. The Hall–Kier alpha value is -5.14. The van der Waals surface area contributed by atoms with E-state index in [1.807, 2.05) is 61.8 Å². The Bertz CT molecular complexity index is 1930. The van der Waals surface area contributed by atoms with Gasteiger partial charge in [0.2, 0.25) is 11.8 Å². The van der Waals surface area contributed by atoms with Crippen molar-refractivity contribution in [3.8, 4) is 11.1 Å². The number of imidazole rings is 2. The number of aromatic amines is 2. The number of ether oxygens (including phenoxy) is 2. The average molecular weight is 701 g/mol. The van der Waals surface area contributed by atoms with Crippen LogP contribution < -0.4 is 5.32 Å². The van der Waals surface area contributed by atoms with Crippen LogP contribution in [0.15, 0.2) is 36.4 Å². The predicted octanol–water partition coefficient (Wildman–Crippen LogP) is 5.54. The van der Waals surface area contributed by atoms with E-state index >= 15 is 0 Å². The number of H-pyrrole nitrogens is 2. The lowest BCUT2D eigenvalue weighted by atomic mass is 10.0. The van der Waals surface area contributed by atoms with Crippen LogP contribution in [-0.2, 0) is 19.1 Å². The number of hydrogen-bond donors (Lipinski definition) is 3. The van der Waals surface area contributed by atoms with Crippen LogP contribution in [0.5, 0.6) is 0 Å². The summed E-state index contributed by atoms with van der Waals surface area (Å²) in [5.41, 5.74) is 5.30. The third-order valence-corrected chi connectivity index (χ3v) is 10.2. The van der Waals surface area contributed by atoms with E-state index in [0.717, 1.165) is 70.5 Å². The minimum Gasteiger partial charge on any atom is -0.453 e. The highest BCUT2D eigenvalue weighted by Gasteiger charge is 2.40. The molecule has 6 rings (SSSR count). The summed E-state index contributed by atoms with van der Waals surface area (Å²) in [6.45, 7) is 8.82. The SMILES string of the molecule is COC(=O)N[C@H](C(=O)N1CCC[C@H]1c1nc2ccc(-c3ccc4nc([C@@H]5CCCN5C(=O)[C@H](C(C)C)N(C)C(=O)OC)[nH]c4c3)cc2[nH]1)C(C)C. The van der Waals surface area contributed by atoms with Crippen molar-refractivity contribution in [1.29, 1.82) is 0 Å². The average Bonchev–Trinajstić information content (AvgIpc) is 3.93. The fourth-order valence-electron chi connectivity index (χ4n) is 7.57. The minimum atomic E-state index is -0.700. The van der Waals surface area contributed by atoms with Crippen LogP contribution in [0.3, 0.4) is 0 Å². The molecule has 3 N–H and O–H groups in total. The number of rotatable bonds is 9. The molecule has 14 nitrogen and oxygen atoms in total. The summed E-state index contributed by atoms with van der Waals surface area (Å²) >= 11 is 0. The van der Waals surface area contributed by atoms with E-state index in [-0.39, 0.29) is 35.7 Å². The van der Waals surface area contributed by atoms with Gasteiger partial charge in [-0.2, -0.15) is 0 Å². The summed E-state index contributed by atoms with van der Waals surface area (Å²) in [7, 11) is 4.20.